The monoisotopic (exact) mass is 422 g/mol. The Kier molecular flexibility index (Phi) is 6.06. The van der Waals surface area contributed by atoms with Gasteiger partial charge in [0.15, 0.2) is 0 Å². The highest BCUT2D eigenvalue weighted by Gasteiger charge is 2.16. The van der Waals surface area contributed by atoms with Gasteiger partial charge in [0.25, 0.3) is 5.56 Å². The smallest absolute Gasteiger partial charge is 0.266 e. The van der Waals surface area contributed by atoms with Crippen LogP contribution in [0, 0.1) is 0 Å². The van der Waals surface area contributed by atoms with E-state index in [9.17, 15) is 4.79 Å². The summed E-state index contributed by atoms with van der Waals surface area (Å²) in [5, 5.41) is 3.89. The van der Waals surface area contributed by atoms with Gasteiger partial charge < -0.3 is 19.4 Å². The van der Waals surface area contributed by atoms with E-state index in [1.54, 1.807) is 7.11 Å². The van der Waals surface area contributed by atoms with E-state index in [0.29, 0.717) is 6.61 Å². The first kappa shape index (κ1) is 20.4. The second-order valence-electron chi connectivity index (χ2n) is 7.09. The van der Waals surface area contributed by atoms with Crippen molar-refractivity contribution in [1.82, 2.24) is 9.88 Å². The SMILES string of the molecule is CCN(CC)CCOc1cccc(-c2c(OC)ccc3[nH]c(=O)c4sccc4c23)c1. The van der Waals surface area contributed by atoms with E-state index < -0.39 is 0 Å². The van der Waals surface area contributed by atoms with E-state index in [1.165, 1.54) is 11.3 Å². The lowest BCUT2D eigenvalue weighted by molar-refractivity contribution is 0.223. The van der Waals surface area contributed by atoms with Gasteiger partial charge in [-0.3, -0.25) is 4.79 Å². The Morgan fingerprint density at radius 1 is 1.10 bits per heavy atom. The molecule has 156 valence electrons. The lowest BCUT2D eigenvalue weighted by atomic mass is 9.97. The predicted molar refractivity (Wildman–Crippen MR) is 125 cm³/mol. The fraction of sp³-hybridized carbons (Fsp3) is 0.292. The molecule has 0 aliphatic heterocycles. The molecule has 6 heteroatoms. The number of nitrogens with one attached hydrogen (secondary N) is 1. The molecule has 0 unspecified atom stereocenters. The third-order valence-electron chi connectivity index (χ3n) is 5.47. The number of methoxy groups -OCH3 is 1. The van der Waals surface area contributed by atoms with Gasteiger partial charge in [-0.15, -0.1) is 11.3 Å². The van der Waals surface area contributed by atoms with Gasteiger partial charge in [-0.25, -0.2) is 0 Å². The van der Waals surface area contributed by atoms with Gasteiger partial charge in [0.05, 0.1) is 7.11 Å². The maximum absolute atomic E-state index is 12.4. The molecule has 0 bridgehead atoms. The average Bonchev–Trinajstić information content (AvgIpc) is 3.27. The number of hydrogen-bond acceptors (Lipinski definition) is 5. The van der Waals surface area contributed by atoms with E-state index in [-0.39, 0.29) is 5.56 Å². The van der Waals surface area contributed by atoms with E-state index in [4.69, 9.17) is 9.47 Å². The quantitative estimate of drug-likeness (QED) is 0.427. The van der Waals surface area contributed by atoms with Crippen LogP contribution >= 0.6 is 11.3 Å². The predicted octanol–water partition coefficient (Wildman–Crippen LogP) is 5.14. The Hall–Kier alpha value is -2.83. The van der Waals surface area contributed by atoms with Crippen molar-refractivity contribution in [3.63, 3.8) is 0 Å². The summed E-state index contributed by atoms with van der Waals surface area (Å²) < 4.78 is 12.5. The number of aromatic amines is 1. The topological polar surface area (TPSA) is 54.6 Å². The first-order valence-corrected chi connectivity index (χ1v) is 11.1. The minimum absolute atomic E-state index is 0.0582. The fourth-order valence-electron chi connectivity index (χ4n) is 3.86. The van der Waals surface area contributed by atoms with Gasteiger partial charge in [0, 0.05) is 28.4 Å². The Bertz CT molecular complexity index is 1220. The lowest BCUT2D eigenvalue weighted by Gasteiger charge is -2.18. The normalized spacial score (nSPS) is 11.5. The number of aromatic nitrogens is 1. The summed E-state index contributed by atoms with van der Waals surface area (Å²) in [5.74, 6) is 1.59. The number of nitrogens with zero attached hydrogens (tertiary/aromatic N) is 1. The lowest BCUT2D eigenvalue weighted by Crippen LogP contribution is -2.27. The molecule has 0 aliphatic rings. The number of hydrogen-bond donors (Lipinski definition) is 1. The summed E-state index contributed by atoms with van der Waals surface area (Å²) in [5.41, 5.74) is 2.70. The molecule has 1 N–H and O–H groups in total. The molecule has 2 heterocycles. The van der Waals surface area contributed by atoms with E-state index in [2.05, 4.69) is 29.8 Å². The van der Waals surface area contributed by atoms with Crippen molar-refractivity contribution in [3.8, 4) is 22.6 Å². The zero-order valence-electron chi connectivity index (χ0n) is 17.5. The largest absolute Gasteiger partial charge is 0.496 e. The number of likely N-dealkylation sites (N-methyl/N-ethyl adjacent to an activating group) is 1. The van der Waals surface area contributed by atoms with Crippen LogP contribution in [-0.4, -0.2) is 43.2 Å². The van der Waals surface area contributed by atoms with Crippen LogP contribution in [0.2, 0.25) is 0 Å². The molecule has 0 aliphatic carbocycles. The number of ether oxygens (including phenoxy) is 2. The molecule has 0 saturated carbocycles. The van der Waals surface area contributed by atoms with Gasteiger partial charge in [-0.2, -0.15) is 0 Å². The van der Waals surface area contributed by atoms with Crippen LogP contribution in [0.3, 0.4) is 0 Å². The van der Waals surface area contributed by atoms with Crippen LogP contribution in [0.5, 0.6) is 11.5 Å². The highest BCUT2D eigenvalue weighted by atomic mass is 32.1. The maximum atomic E-state index is 12.4. The van der Waals surface area contributed by atoms with Crippen molar-refractivity contribution >= 4 is 32.3 Å². The molecule has 0 spiro atoms. The first-order chi connectivity index (χ1) is 14.7. The Morgan fingerprint density at radius 2 is 1.93 bits per heavy atom. The number of H-pyrrole nitrogens is 1. The zero-order chi connectivity index (χ0) is 21.1. The minimum Gasteiger partial charge on any atom is -0.496 e. The zero-order valence-corrected chi connectivity index (χ0v) is 18.3. The molecule has 0 amide bonds. The van der Waals surface area contributed by atoms with Crippen molar-refractivity contribution in [1.29, 1.82) is 0 Å². The van der Waals surface area contributed by atoms with Gasteiger partial charge in [0.2, 0.25) is 0 Å². The number of rotatable bonds is 8. The summed E-state index contributed by atoms with van der Waals surface area (Å²) in [6.07, 6.45) is 0. The van der Waals surface area contributed by atoms with Crippen LogP contribution in [-0.2, 0) is 0 Å². The summed E-state index contributed by atoms with van der Waals surface area (Å²) in [4.78, 5) is 17.8. The molecular formula is C24H26N2O3S. The van der Waals surface area contributed by atoms with Crippen molar-refractivity contribution in [3.05, 3.63) is 58.2 Å². The van der Waals surface area contributed by atoms with Crippen LogP contribution in [0.15, 0.2) is 52.6 Å². The Balaban J connectivity index is 1.79. The van der Waals surface area contributed by atoms with Gasteiger partial charge in [-0.1, -0.05) is 26.0 Å². The molecule has 5 nitrogen and oxygen atoms in total. The van der Waals surface area contributed by atoms with E-state index in [0.717, 1.165) is 63.2 Å². The molecule has 2 aromatic heterocycles. The van der Waals surface area contributed by atoms with Crippen molar-refractivity contribution in [2.45, 2.75) is 13.8 Å². The van der Waals surface area contributed by atoms with E-state index in [1.807, 2.05) is 41.8 Å². The highest BCUT2D eigenvalue weighted by Crippen LogP contribution is 2.40. The summed E-state index contributed by atoms with van der Waals surface area (Å²) >= 11 is 1.45. The van der Waals surface area contributed by atoms with E-state index >= 15 is 0 Å². The van der Waals surface area contributed by atoms with Gasteiger partial charge >= 0.3 is 0 Å². The third-order valence-corrected chi connectivity index (χ3v) is 6.38. The molecule has 0 saturated heterocycles. The van der Waals surface area contributed by atoms with Crippen LogP contribution in [0.4, 0.5) is 0 Å². The maximum Gasteiger partial charge on any atom is 0.266 e. The Labute approximate surface area is 179 Å². The minimum atomic E-state index is -0.0582. The molecular weight excluding hydrogens is 396 g/mol. The first-order valence-electron chi connectivity index (χ1n) is 10.2. The summed E-state index contributed by atoms with van der Waals surface area (Å²) in [7, 11) is 1.67. The molecule has 0 atom stereocenters. The highest BCUT2D eigenvalue weighted by molar-refractivity contribution is 7.17. The summed E-state index contributed by atoms with van der Waals surface area (Å²) in [6, 6.07) is 13.9. The van der Waals surface area contributed by atoms with Crippen molar-refractivity contribution < 1.29 is 9.47 Å². The van der Waals surface area contributed by atoms with Crippen LogP contribution in [0.25, 0.3) is 32.1 Å². The Morgan fingerprint density at radius 3 is 2.70 bits per heavy atom. The van der Waals surface area contributed by atoms with Gasteiger partial charge in [0.1, 0.15) is 22.8 Å². The molecule has 4 rings (SSSR count). The average molecular weight is 423 g/mol. The standard InChI is InChI=1S/C24H26N2O3S/c1-4-26(5-2)12-13-29-17-8-6-7-16(15-17)21-20(28-3)10-9-19-22(21)18-11-14-30-23(18)24(27)25-19/h6-11,14-15H,4-5,12-13H2,1-3H3,(H,25,27). The number of benzene rings is 2. The molecule has 30 heavy (non-hydrogen) atoms. The fourth-order valence-corrected chi connectivity index (χ4v) is 4.65. The summed E-state index contributed by atoms with van der Waals surface area (Å²) in [6.45, 7) is 7.88. The van der Waals surface area contributed by atoms with Crippen molar-refractivity contribution in [2.24, 2.45) is 0 Å². The third kappa shape index (κ3) is 3.80. The second-order valence-corrected chi connectivity index (χ2v) is 8.00. The number of pyridine rings is 1. The van der Waals surface area contributed by atoms with Gasteiger partial charge in [-0.05, 0) is 54.4 Å². The molecule has 0 radical (unpaired) electrons. The molecule has 2 aromatic carbocycles. The number of fused-ring (bicyclic) bond motifs is 3. The second kappa shape index (κ2) is 8.90. The molecule has 4 aromatic rings. The van der Waals surface area contributed by atoms with Crippen LogP contribution in [0.1, 0.15) is 13.8 Å². The molecule has 0 fully saturated rings. The van der Waals surface area contributed by atoms with Crippen molar-refractivity contribution in [2.75, 3.05) is 33.4 Å². The van der Waals surface area contributed by atoms with Crippen LogP contribution < -0.4 is 15.0 Å². The number of thiophene rings is 1.